The molecule has 0 spiro atoms. The topological polar surface area (TPSA) is 55.8 Å². The molecule has 0 saturated carbocycles. The summed E-state index contributed by atoms with van der Waals surface area (Å²) >= 11 is 0. The van der Waals surface area contributed by atoms with Gasteiger partial charge in [-0.1, -0.05) is 13.0 Å². The standard InChI is InChI=1S/C16H26N6.HI/c1-2-21-8-10-22(11-9-21)15-5-4-14(12-19-15)13-20-16-17-6-3-7-18-16;/h4-5,12H,2-3,6-11,13H2,1H3,(H2,17,18,20);1H. The first kappa shape index (κ1) is 18.3. The molecule has 3 heterocycles. The molecule has 0 bridgehead atoms. The van der Waals surface area contributed by atoms with Crippen LogP contribution in [-0.4, -0.2) is 61.7 Å². The number of nitrogens with zero attached hydrogens (tertiary/aromatic N) is 4. The lowest BCUT2D eigenvalue weighted by Gasteiger charge is -2.34. The Balaban J connectivity index is 0.00000192. The van der Waals surface area contributed by atoms with Gasteiger partial charge in [0.2, 0.25) is 0 Å². The van der Waals surface area contributed by atoms with Crippen LogP contribution in [0, 0.1) is 0 Å². The maximum atomic E-state index is 4.62. The van der Waals surface area contributed by atoms with Crippen molar-refractivity contribution < 1.29 is 0 Å². The third-order valence-electron chi connectivity index (χ3n) is 4.31. The Labute approximate surface area is 155 Å². The zero-order chi connectivity index (χ0) is 15.2. The van der Waals surface area contributed by atoms with Gasteiger partial charge in [0.1, 0.15) is 5.82 Å². The number of likely N-dealkylation sites (N-methyl/N-ethyl adjacent to an activating group) is 1. The number of pyridine rings is 1. The highest BCUT2D eigenvalue weighted by Crippen LogP contribution is 2.14. The van der Waals surface area contributed by atoms with E-state index in [0.717, 1.165) is 70.6 Å². The third-order valence-corrected chi connectivity index (χ3v) is 4.31. The fourth-order valence-electron chi connectivity index (χ4n) is 2.84. The van der Waals surface area contributed by atoms with Crippen LogP contribution in [0.15, 0.2) is 23.3 Å². The van der Waals surface area contributed by atoms with Crippen molar-refractivity contribution in [3.8, 4) is 0 Å². The van der Waals surface area contributed by atoms with E-state index >= 15 is 0 Å². The lowest BCUT2D eigenvalue weighted by atomic mass is 10.2. The number of nitrogens with one attached hydrogen (secondary N) is 2. The summed E-state index contributed by atoms with van der Waals surface area (Å²) < 4.78 is 0. The van der Waals surface area contributed by atoms with Crippen LogP contribution in [0.3, 0.4) is 0 Å². The summed E-state index contributed by atoms with van der Waals surface area (Å²) in [6, 6.07) is 4.29. The molecule has 23 heavy (non-hydrogen) atoms. The molecule has 0 amide bonds. The number of aliphatic imine (C=N–C) groups is 1. The van der Waals surface area contributed by atoms with Gasteiger partial charge in [-0.05, 0) is 24.6 Å². The van der Waals surface area contributed by atoms with Crippen LogP contribution in [-0.2, 0) is 6.54 Å². The summed E-state index contributed by atoms with van der Waals surface area (Å²) in [6.07, 6.45) is 3.09. The highest BCUT2D eigenvalue weighted by atomic mass is 127. The molecular weight excluding hydrogens is 403 g/mol. The Hall–Kier alpha value is -1.09. The molecule has 0 radical (unpaired) electrons. The third kappa shape index (κ3) is 5.20. The van der Waals surface area contributed by atoms with Gasteiger partial charge in [-0.3, -0.25) is 4.99 Å². The van der Waals surface area contributed by atoms with Gasteiger partial charge < -0.3 is 20.4 Å². The van der Waals surface area contributed by atoms with Crippen LogP contribution in [0.5, 0.6) is 0 Å². The molecular formula is C16H27IN6. The number of hydrogen-bond acceptors (Lipinski definition) is 6. The van der Waals surface area contributed by atoms with Crippen molar-refractivity contribution in [1.82, 2.24) is 20.5 Å². The number of anilines is 1. The monoisotopic (exact) mass is 430 g/mol. The Kier molecular flexibility index (Phi) is 7.35. The fraction of sp³-hybridized carbons (Fsp3) is 0.625. The molecule has 2 aliphatic rings. The lowest BCUT2D eigenvalue weighted by Crippen LogP contribution is -2.46. The molecule has 3 rings (SSSR count). The second-order valence-corrected chi connectivity index (χ2v) is 5.81. The molecule has 0 aromatic carbocycles. The molecule has 1 aromatic rings. The molecule has 0 atom stereocenters. The van der Waals surface area contributed by atoms with E-state index in [9.17, 15) is 0 Å². The van der Waals surface area contributed by atoms with Crippen molar-refractivity contribution in [2.45, 2.75) is 19.9 Å². The van der Waals surface area contributed by atoms with Crippen molar-refractivity contribution in [3.63, 3.8) is 0 Å². The summed E-state index contributed by atoms with van der Waals surface area (Å²) in [6.45, 7) is 10.5. The number of rotatable bonds is 4. The molecule has 6 nitrogen and oxygen atoms in total. The normalized spacial score (nSPS) is 18.7. The van der Waals surface area contributed by atoms with Crippen molar-refractivity contribution in [2.24, 2.45) is 4.99 Å². The minimum atomic E-state index is 0. The van der Waals surface area contributed by atoms with E-state index in [1.165, 1.54) is 5.56 Å². The Morgan fingerprint density at radius 2 is 2.04 bits per heavy atom. The van der Waals surface area contributed by atoms with Crippen LogP contribution in [0.1, 0.15) is 18.9 Å². The van der Waals surface area contributed by atoms with E-state index < -0.39 is 0 Å². The molecule has 7 heteroatoms. The zero-order valence-corrected chi connectivity index (χ0v) is 16.1. The average Bonchev–Trinajstić information content (AvgIpc) is 2.61. The number of guanidine groups is 1. The van der Waals surface area contributed by atoms with Crippen molar-refractivity contribution >= 4 is 35.8 Å². The molecule has 0 unspecified atom stereocenters. The van der Waals surface area contributed by atoms with Gasteiger partial charge in [0.05, 0.1) is 0 Å². The summed E-state index contributed by atoms with van der Waals surface area (Å²) in [5.74, 6) is 2.00. The first-order valence-electron chi connectivity index (χ1n) is 8.29. The van der Waals surface area contributed by atoms with Gasteiger partial charge in [0, 0.05) is 52.0 Å². The van der Waals surface area contributed by atoms with Gasteiger partial charge >= 0.3 is 0 Å². The summed E-state index contributed by atoms with van der Waals surface area (Å²) in [7, 11) is 0. The largest absolute Gasteiger partial charge is 0.356 e. The van der Waals surface area contributed by atoms with Crippen LogP contribution < -0.4 is 15.5 Å². The molecule has 1 saturated heterocycles. The van der Waals surface area contributed by atoms with Crippen LogP contribution in [0.25, 0.3) is 0 Å². The Morgan fingerprint density at radius 1 is 1.22 bits per heavy atom. The highest BCUT2D eigenvalue weighted by Gasteiger charge is 2.16. The maximum absolute atomic E-state index is 4.62. The van der Waals surface area contributed by atoms with Crippen LogP contribution in [0.2, 0.25) is 0 Å². The summed E-state index contributed by atoms with van der Waals surface area (Å²) in [4.78, 5) is 13.9. The van der Waals surface area contributed by atoms with E-state index in [1.807, 2.05) is 6.20 Å². The highest BCUT2D eigenvalue weighted by molar-refractivity contribution is 14.0. The summed E-state index contributed by atoms with van der Waals surface area (Å²) in [5.41, 5.74) is 1.19. The molecule has 2 N–H and O–H groups in total. The van der Waals surface area contributed by atoms with Gasteiger partial charge in [-0.2, -0.15) is 0 Å². The average molecular weight is 430 g/mol. The van der Waals surface area contributed by atoms with Crippen molar-refractivity contribution in [1.29, 1.82) is 0 Å². The quantitative estimate of drug-likeness (QED) is 0.706. The van der Waals surface area contributed by atoms with Gasteiger partial charge in [-0.15, -0.1) is 24.0 Å². The van der Waals surface area contributed by atoms with Crippen LogP contribution >= 0.6 is 24.0 Å². The Bertz CT molecular complexity index is 496. The first-order valence-corrected chi connectivity index (χ1v) is 8.29. The molecule has 2 aliphatic heterocycles. The minimum absolute atomic E-state index is 0. The predicted octanol–water partition coefficient (Wildman–Crippen LogP) is 1.28. The van der Waals surface area contributed by atoms with Gasteiger partial charge in [0.25, 0.3) is 0 Å². The summed E-state index contributed by atoms with van der Waals surface area (Å²) in [5, 5.41) is 6.60. The number of piperazine rings is 1. The predicted molar refractivity (Wildman–Crippen MR) is 106 cm³/mol. The van der Waals surface area contributed by atoms with Crippen molar-refractivity contribution in [2.75, 3.05) is 50.7 Å². The lowest BCUT2D eigenvalue weighted by molar-refractivity contribution is 0.270. The second kappa shape index (κ2) is 9.27. The van der Waals surface area contributed by atoms with E-state index in [2.05, 4.69) is 49.5 Å². The minimum Gasteiger partial charge on any atom is -0.356 e. The van der Waals surface area contributed by atoms with Gasteiger partial charge in [-0.25, -0.2) is 4.98 Å². The number of halogens is 1. The van der Waals surface area contributed by atoms with E-state index in [1.54, 1.807) is 0 Å². The molecule has 1 fully saturated rings. The van der Waals surface area contributed by atoms with E-state index in [-0.39, 0.29) is 24.0 Å². The van der Waals surface area contributed by atoms with E-state index in [0.29, 0.717) is 0 Å². The molecule has 1 aromatic heterocycles. The SMILES string of the molecule is CCN1CCN(c2ccc(CNC3=NCCCN3)cn2)CC1.I. The van der Waals surface area contributed by atoms with E-state index in [4.69, 9.17) is 0 Å². The smallest absolute Gasteiger partial charge is 0.191 e. The zero-order valence-electron chi connectivity index (χ0n) is 13.8. The van der Waals surface area contributed by atoms with Crippen LogP contribution in [0.4, 0.5) is 5.82 Å². The number of hydrogen-bond donors (Lipinski definition) is 2. The fourth-order valence-corrected chi connectivity index (χ4v) is 2.84. The first-order chi connectivity index (χ1) is 10.8. The van der Waals surface area contributed by atoms with Gasteiger partial charge in [0.15, 0.2) is 5.96 Å². The van der Waals surface area contributed by atoms with Crippen molar-refractivity contribution in [3.05, 3.63) is 23.9 Å². The molecule has 0 aliphatic carbocycles. The number of aromatic nitrogens is 1. The molecule has 128 valence electrons. The second-order valence-electron chi connectivity index (χ2n) is 5.81. The maximum Gasteiger partial charge on any atom is 0.191 e. The Morgan fingerprint density at radius 3 is 2.65 bits per heavy atom.